The van der Waals surface area contributed by atoms with Gasteiger partial charge in [0, 0.05) is 24.8 Å². The quantitative estimate of drug-likeness (QED) is 0.724. The van der Waals surface area contributed by atoms with Gasteiger partial charge in [0.25, 0.3) is 0 Å². The third-order valence-corrected chi connectivity index (χ3v) is 5.12. The summed E-state index contributed by atoms with van der Waals surface area (Å²) in [5, 5.41) is 30.1. The number of ketones is 1. The molecule has 1 fully saturated rings. The molecule has 0 saturated heterocycles. The van der Waals surface area contributed by atoms with Crippen molar-refractivity contribution in [2.75, 3.05) is 0 Å². The highest BCUT2D eigenvalue weighted by molar-refractivity contribution is 5.90. The van der Waals surface area contributed by atoms with Crippen molar-refractivity contribution in [3.8, 4) is 0 Å². The number of Topliss-reactive ketones (excluding diaryl/α,β-unsaturated/α-hetero) is 1. The predicted molar refractivity (Wildman–Crippen MR) is 86.8 cm³/mol. The number of ether oxygens (including phenoxy) is 1. The number of benzene rings is 1. The summed E-state index contributed by atoms with van der Waals surface area (Å²) in [5.41, 5.74) is 3.74. The SMILES string of the molecule is O=C1CC2OC3=C(CC(O)C(O)C3)C(c3ccccc3)=C2CC1O. The molecule has 4 rings (SSSR count). The van der Waals surface area contributed by atoms with Crippen molar-refractivity contribution in [1.29, 1.82) is 0 Å². The summed E-state index contributed by atoms with van der Waals surface area (Å²) < 4.78 is 6.00. The number of hydrogen-bond donors (Lipinski definition) is 3. The molecule has 4 atom stereocenters. The fourth-order valence-corrected chi connectivity index (χ4v) is 3.87. The van der Waals surface area contributed by atoms with Crippen LogP contribution in [0.15, 0.2) is 47.2 Å². The molecule has 0 aromatic heterocycles. The van der Waals surface area contributed by atoms with E-state index in [-0.39, 0.29) is 25.0 Å². The van der Waals surface area contributed by atoms with Crippen LogP contribution in [-0.2, 0) is 9.53 Å². The number of hydrogen-bond acceptors (Lipinski definition) is 5. The van der Waals surface area contributed by atoms with Crippen LogP contribution in [0.5, 0.6) is 0 Å². The topological polar surface area (TPSA) is 87.0 Å². The smallest absolute Gasteiger partial charge is 0.165 e. The number of aliphatic hydroxyl groups is 3. The van der Waals surface area contributed by atoms with Crippen LogP contribution in [-0.4, -0.2) is 45.5 Å². The van der Waals surface area contributed by atoms with Crippen LogP contribution < -0.4 is 0 Å². The summed E-state index contributed by atoms with van der Waals surface area (Å²) in [6.07, 6.45) is -2.14. The van der Waals surface area contributed by atoms with Crippen LogP contribution in [0.1, 0.15) is 31.2 Å². The molecule has 0 spiro atoms. The van der Waals surface area contributed by atoms with Gasteiger partial charge in [-0.3, -0.25) is 4.79 Å². The molecule has 1 aliphatic heterocycles. The third kappa shape index (κ3) is 2.49. The second-order valence-electron chi connectivity index (χ2n) is 6.71. The molecule has 4 unspecified atom stereocenters. The van der Waals surface area contributed by atoms with Crippen molar-refractivity contribution in [1.82, 2.24) is 0 Å². The molecule has 3 N–H and O–H groups in total. The molecule has 2 aliphatic carbocycles. The molecule has 5 heteroatoms. The fraction of sp³-hybridized carbons (Fsp3) is 0.421. The Kier molecular flexibility index (Phi) is 3.79. The number of carbonyl (C=O) groups is 1. The van der Waals surface area contributed by atoms with Gasteiger partial charge in [0.2, 0.25) is 0 Å². The highest BCUT2D eigenvalue weighted by atomic mass is 16.5. The van der Waals surface area contributed by atoms with Gasteiger partial charge in [0.05, 0.1) is 18.6 Å². The van der Waals surface area contributed by atoms with Gasteiger partial charge in [0.1, 0.15) is 18.0 Å². The summed E-state index contributed by atoms with van der Waals surface area (Å²) in [5.74, 6) is 0.446. The van der Waals surface area contributed by atoms with E-state index in [0.29, 0.717) is 12.2 Å². The second-order valence-corrected chi connectivity index (χ2v) is 6.71. The van der Waals surface area contributed by atoms with E-state index in [2.05, 4.69) is 0 Å². The van der Waals surface area contributed by atoms with Crippen LogP contribution in [0.2, 0.25) is 0 Å². The summed E-state index contributed by atoms with van der Waals surface area (Å²) in [7, 11) is 0. The number of fused-ring (bicyclic) bond motifs is 1. The predicted octanol–water partition coefficient (Wildman–Crippen LogP) is 1.33. The Morgan fingerprint density at radius 1 is 0.917 bits per heavy atom. The molecule has 0 bridgehead atoms. The number of allylic oxidation sites excluding steroid dienone is 1. The Morgan fingerprint density at radius 2 is 1.62 bits per heavy atom. The van der Waals surface area contributed by atoms with Crippen LogP contribution in [0, 0.1) is 0 Å². The van der Waals surface area contributed by atoms with Gasteiger partial charge in [-0.05, 0) is 16.7 Å². The largest absolute Gasteiger partial charge is 0.490 e. The zero-order chi connectivity index (χ0) is 16.8. The minimum atomic E-state index is -1.00. The van der Waals surface area contributed by atoms with Crippen molar-refractivity contribution in [2.24, 2.45) is 0 Å². The molecule has 1 aromatic rings. The van der Waals surface area contributed by atoms with E-state index in [4.69, 9.17) is 4.74 Å². The van der Waals surface area contributed by atoms with Gasteiger partial charge in [-0.15, -0.1) is 0 Å². The van der Waals surface area contributed by atoms with Gasteiger partial charge in [-0.2, -0.15) is 0 Å². The summed E-state index contributed by atoms with van der Waals surface area (Å²) in [6, 6.07) is 9.77. The average molecular weight is 328 g/mol. The molecular weight excluding hydrogens is 308 g/mol. The van der Waals surface area contributed by atoms with Gasteiger partial charge >= 0.3 is 0 Å². The van der Waals surface area contributed by atoms with Crippen molar-refractivity contribution < 1.29 is 24.9 Å². The molecule has 1 heterocycles. The molecule has 126 valence electrons. The zero-order valence-corrected chi connectivity index (χ0v) is 13.2. The lowest BCUT2D eigenvalue weighted by Crippen LogP contribution is -2.40. The summed E-state index contributed by atoms with van der Waals surface area (Å²) in [4.78, 5) is 11.9. The average Bonchev–Trinajstić information content (AvgIpc) is 2.57. The van der Waals surface area contributed by atoms with Crippen LogP contribution >= 0.6 is 0 Å². The highest BCUT2D eigenvalue weighted by Gasteiger charge is 2.41. The molecule has 1 aromatic carbocycles. The van der Waals surface area contributed by atoms with Gasteiger partial charge in [-0.1, -0.05) is 30.3 Å². The van der Waals surface area contributed by atoms with Crippen molar-refractivity contribution in [3.63, 3.8) is 0 Å². The maximum absolute atomic E-state index is 11.9. The number of carbonyl (C=O) groups excluding carboxylic acids is 1. The van der Waals surface area contributed by atoms with Crippen molar-refractivity contribution >= 4 is 11.4 Å². The first-order valence-corrected chi connectivity index (χ1v) is 8.29. The van der Waals surface area contributed by atoms with Gasteiger partial charge < -0.3 is 20.1 Å². The van der Waals surface area contributed by atoms with E-state index in [0.717, 1.165) is 22.3 Å². The Bertz CT molecular complexity index is 733. The lowest BCUT2D eigenvalue weighted by Gasteiger charge is -2.40. The van der Waals surface area contributed by atoms with E-state index >= 15 is 0 Å². The van der Waals surface area contributed by atoms with E-state index in [1.807, 2.05) is 30.3 Å². The molecular formula is C19H20O5. The Labute approximate surface area is 139 Å². The molecule has 5 nitrogen and oxygen atoms in total. The Hall–Kier alpha value is -1.95. The first-order valence-electron chi connectivity index (χ1n) is 8.29. The fourth-order valence-electron chi connectivity index (χ4n) is 3.87. The van der Waals surface area contributed by atoms with Gasteiger partial charge in [-0.25, -0.2) is 0 Å². The highest BCUT2D eigenvalue weighted by Crippen LogP contribution is 2.46. The maximum atomic E-state index is 11.9. The lowest BCUT2D eigenvalue weighted by atomic mass is 9.76. The summed E-state index contributed by atoms with van der Waals surface area (Å²) >= 11 is 0. The molecule has 24 heavy (non-hydrogen) atoms. The first-order chi connectivity index (χ1) is 11.5. The molecule has 3 aliphatic rings. The van der Waals surface area contributed by atoms with Crippen LogP contribution in [0.25, 0.3) is 5.57 Å². The zero-order valence-electron chi connectivity index (χ0n) is 13.2. The van der Waals surface area contributed by atoms with E-state index in [1.54, 1.807) is 0 Å². The number of aliphatic hydroxyl groups excluding tert-OH is 3. The standard InChI is InChI=1S/C19H20O5/c20-13-6-11-17(8-15(13)22)24-18-9-16(23)14(21)7-12(18)19(11)10-4-2-1-3-5-10/h1-5,13-15,18,20-22H,6-9H2. The van der Waals surface area contributed by atoms with Crippen LogP contribution in [0.4, 0.5) is 0 Å². The maximum Gasteiger partial charge on any atom is 0.165 e. The Morgan fingerprint density at radius 3 is 2.38 bits per heavy atom. The molecule has 0 radical (unpaired) electrons. The summed E-state index contributed by atoms with van der Waals surface area (Å²) in [6.45, 7) is 0. The second kappa shape index (κ2) is 5.84. The minimum Gasteiger partial charge on any atom is -0.490 e. The first kappa shape index (κ1) is 15.6. The van der Waals surface area contributed by atoms with Gasteiger partial charge in [0.15, 0.2) is 5.78 Å². The van der Waals surface area contributed by atoms with Crippen molar-refractivity contribution in [3.05, 3.63) is 52.8 Å². The Balaban J connectivity index is 1.87. The molecule has 0 amide bonds. The van der Waals surface area contributed by atoms with Crippen molar-refractivity contribution in [2.45, 2.75) is 50.1 Å². The molecule has 1 saturated carbocycles. The van der Waals surface area contributed by atoms with E-state index < -0.39 is 24.4 Å². The van der Waals surface area contributed by atoms with E-state index in [9.17, 15) is 20.1 Å². The number of rotatable bonds is 1. The monoisotopic (exact) mass is 328 g/mol. The lowest BCUT2D eigenvalue weighted by molar-refractivity contribution is -0.131. The minimum absolute atomic E-state index is 0.141. The third-order valence-electron chi connectivity index (χ3n) is 5.12. The normalized spacial score (nSPS) is 33.0. The van der Waals surface area contributed by atoms with E-state index in [1.165, 1.54) is 0 Å². The van der Waals surface area contributed by atoms with Crippen LogP contribution in [0.3, 0.4) is 0 Å².